The molecule has 0 fully saturated rings. The van der Waals surface area contributed by atoms with Gasteiger partial charge in [-0.1, -0.05) is 23.2 Å². The molecule has 2 aromatic carbocycles. The number of benzene rings is 2. The molecular formula is C27H20Cl2F8N4O4. The average molecular weight is 687 g/mol. The van der Waals surface area contributed by atoms with Crippen LogP contribution >= 0.6 is 23.2 Å². The van der Waals surface area contributed by atoms with Gasteiger partial charge in [-0.3, -0.25) is 9.59 Å². The maximum absolute atomic E-state index is 14.1. The summed E-state index contributed by atoms with van der Waals surface area (Å²) in [7, 11) is 0. The summed E-state index contributed by atoms with van der Waals surface area (Å²) in [5.41, 5.74) is -6.67. The van der Waals surface area contributed by atoms with Crippen molar-refractivity contribution in [2.75, 3.05) is 0 Å². The molecule has 0 amide bonds. The van der Waals surface area contributed by atoms with Gasteiger partial charge in [0.1, 0.15) is 22.9 Å². The van der Waals surface area contributed by atoms with E-state index in [-0.39, 0.29) is 27.6 Å². The predicted octanol–water partition coefficient (Wildman–Crippen LogP) is 7.20. The topological polar surface area (TPSA) is 99.2 Å². The Balaban J connectivity index is 0.000000248. The highest BCUT2D eigenvalue weighted by atomic mass is 35.5. The number of phenolic OH excluding ortho intramolecular Hbond substituents is 1. The van der Waals surface area contributed by atoms with Crippen LogP contribution in [0.3, 0.4) is 0 Å². The van der Waals surface area contributed by atoms with Gasteiger partial charge in [0.05, 0.1) is 39.7 Å². The molecule has 45 heavy (non-hydrogen) atoms. The molecule has 1 N–H and O–H groups in total. The highest BCUT2D eigenvalue weighted by molar-refractivity contribution is 6.32. The zero-order valence-corrected chi connectivity index (χ0v) is 24.8. The summed E-state index contributed by atoms with van der Waals surface area (Å²) in [5.74, 6) is -2.36. The summed E-state index contributed by atoms with van der Waals surface area (Å²) in [6.45, 7) is 5.39. The van der Waals surface area contributed by atoms with E-state index in [1.165, 1.54) is 0 Å². The fraction of sp³-hybridized carbons (Fsp3) is 0.259. The first-order valence-corrected chi connectivity index (χ1v) is 13.1. The first-order valence-electron chi connectivity index (χ1n) is 12.3. The lowest BCUT2D eigenvalue weighted by molar-refractivity contribution is -0.139. The Bertz CT molecular complexity index is 1870. The average Bonchev–Trinajstić information content (AvgIpc) is 2.90. The van der Waals surface area contributed by atoms with Crippen LogP contribution in [0.1, 0.15) is 36.1 Å². The molecular weight excluding hydrogens is 667 g/mol. The molecule has 18 heteroatoms. The number of rotatable bonds is 4. The van der Waals surface area contributed by atoms with Crippen molar-refractivity contribution in [3.05, 3.63) is 101 Å². The van der Waals surface area contributed by atoms with E-state index >= 15 is 0 Å². The molecule has 2 aromatic heterocycles. The Morgan fingerprint density at radius 1 is 0.756 bits per heavy atom. The fourth-order valence-electron chi connectivity index (χ4n) is 3.71. The van der Waals surface area contributed by atoms with Crippen molar-refractivity contribution < 1.29 is 45.0 Å². The Morgan fingerprint density at radius 3 is 1.56 bits per heavy atom. The fourth-order valence-corrected chi connectivity index (χ4v) is 4.05. The zero-order valence-electron chi connectivity index (χ0n) is 23.3. The van der Waals surface area contributed by atoms with Crippen molar-refractivity contribution in [1.29, 1.82) is 0 Å². The van der Waals surface area contributed by atoms with Crippen molar-refractivity contribution in [2.45, 2.75) is 46.2 Å². The molecule has 4 aromatic rings. The Kier molecular flexibility index (Phi) is 10.2. The first kappa shape index (κ1) is 35.3. The van der Waals surface area contributed by atoms with Gasteiger partial charge in [0.2, 0.25) is 0 Å². The van der Waals surface area contributed by atoms with E-state index in [9.17, 15) is 49.8 Å². The number of nitrogens with zero attached hydrogens (tertiary/aromatic N) is 4. The third-order valence-electron chi connectivity index (χ3n) is 5.89. The number of aromatic nitrogens is 4. The van der Waals surface area contributed by atoms with Gasteiger partial charge in [-0.15, -0.1) is 0 Å². The van der Waals surface area contributed by atoms with E-state index in [0.717, 1.165) is 38.1 Å². The highest BCUT2D eigenvalue weighted by Gasteiger charge is 2.35. The van der Waals surface area contributed by atoms with Gasteiger partial charge in [0.15, 0.2) is 11.6 Å². The first-order chi connectivity index (χ1) is 20.6. The van der Waals surface area contributed by atoms with Crippen LogP contribution in [-0.2, 0) is 12.4 Å². The predicted molar refractivity (Wildman–Crippen MR) is 147 cm³/mol. The van der Waals surface area contributed by atoms with E-state index in [4.69, 9.17) is 27.9 Å². The van der Waals surface area contributed by atoms with Crippen LogP contribution in [-0.4, -0.2) is 30.8 Å². The quantitative estimate of drug-likeness (QED) is 0.228. The molecule has 0 saturated carbocycles. The molecule has 0 radical (unpaired) electrons. The number of halogens is 10. The minimum atomic E-state index is -4.74. The Hall–Kier alpha value is -4.18. The van der Waals surface area contributed by atoms with Gasteiger partial charge in [-0.2, -0.15) is 45.9 Å². The number of ether oxygens (including phenoxy) is 1. The lowest BCUT2D eigenvalue weighted by Gasteiger charge is -2.15. The second kappa shape index (κ2) is 13.0. The number of hydrogen-bond acceptors (Lipinski definition) is 6. The van der Waals surface area contributed by atoms with Gasteiger partial charge in [0, 0.05) is 23.3 Å². The van der Waals surface area contributed by atoms with E-state index in [1.807, 2.05) is 0 Å². The molecule has 0 aliphatic rings. The van der Waals surface area contributed by atoms with E-state index < -0.39 is 68.8 Å². The number of hydrogen-bond donors (Lipinski definition) is 1. The molecule has 0 aliphatic carbocycles. The second-order valence-corrected chi connectivity index (χ2v) is 10.3. The third-order valence-corrected chi connectivity index (χ3v) is 6.48. The molecule has 0 spiro atoms. The van der Waals surface area contributed by atoms with Gasteiger partial charge in [-0.05, 0) is 39.8 Å². The molecule has 0 bridgehead atoms. The van der Waals surface area contributed by atoms with Crippen molar-refractivity contribution in [2.24, 2.45) is 0 Å². The van der Waals surface area contributed by atoms with Crippen molar-refractivity contribution in [3.63, 3.8) is 0 Å². The van der Waals surface area contributed by atoms with Gasteiger partial charge in [0.25, 0.3) is 11.1 Å². The molecule has 4 rings (SSSR count). The molecule has 0 aliphatic heterocycles. The Morgan fingerprint density at radius 2 is 1.16 bits per heavy atom. The molecule has 8 nitrogen and oxygen atoms in total. The second-order valence-electron chi connectivity index (χ2n) is 9.45. The van der Waals surface area contributed by atoms with Gasteiger partial charge >= 0.3 is 12.4 Å². The van der Waals surface area contributed by atoms with Crippen LogP contribution < -0.4 is 15.9 Å². The van der Waals surface area contributed by atoms with Gasteiger partial charge in [-0.25, -0.2) is 8.78 Å². The summed E-state index contributed by atoms with van der Waals surface area (Å²) in [6, 6.07) is 3.57. The van der Waals surface area contributed by atoms with Crippen LogP contribution in [0.5, 0.6) is 11.5 Å². The van der Waals surface area contributed by atoms with Crippen LogP contribution in [0.15, 0.2) is 46.2 Å². The summed E-state index contributed by atoms with van der Waals surface area (Å²) < 4.78 is 111. The maximum atomic E-state index is 14.1. The van der Waals surface area contributed by atoms with E-state index in [2.05, 4.69) is 10.2 Å². The Labute approximate surface area is 258 Å². The largest absolute Gasteiger partial charge is 0.506 e. The number of aromatic hydroxyl groups is 1. The highest BCUT2D eigenvalue weighted by Crippen LogP contribution is 2.33. The number of phenols is 1. The van der Waals surface area contributed by atoms with Crippen LogP contribution in [0, 0.1) is 25.5 Å². The lowest BCUT2D eigenvalue weighted by Crippen LogP contribution is -2.28. The van der Waals surface area contributed by atoms with Crippen molar-refractivity contribution in [3.8, 4) is 22.9 Å². The molecule has 0 saturated heterocycles. The SMILES string of the molecule is Cc1c(C(F)(F)F)cnn(-c2cc(O)c(Cl)cc2F)c1=O.Cc1c(C(F)(F)F)cnn(-c2cc(OC(C)C)c(Cl)cc2F)c1=O. The van der Waals surface area contributed by atoms with E-state index in [0.29, 0.717) is 21.8 Å². The molecule has 2 heterocycles. The van der Waals surface area contributed by atoms with Crippen LogP contribution in [0.25, 0.3) is 11.4 Å². The summed E-state index contributed by atoms with van der Waals surface area (Å²) in [6.07, 6.45) is -8.84. The minimum absolute atomic E-state index is 0.0263. The standard InChI is InChI=1S/C15H13ClF4N2O2.C12H7ClF4N2O2/c1-7(2)24-13-5-12(11(17)4-10(13)16)22-14(23)8(3)9(6-21-22)15(18,19)20;1-5-6(12(15,16)17)4-18-19(11(5)21)9-3-10(20)7(13)2-8(9)14/h4-7H,1-3H3;2-4,20H,1H3. The smallest absolute Gasteiger partial charge is 0.418 e. The molecule has 0 unspecified atom stereocenters. The maximum Gasteiger partial charge on any atom is 0.418 e. The third kappa shape index (κ3) is 7.73. The minimum Gasteiger partial charge on any atom is -0.506 e. The number of alkyl halides is 6. The normalized spacial score (nSPS) is 11.8. The molecule has 0 atom stereocenters. The van der Waals surface area contributed by atoms with Crippen molar-refractivity contribution >= 4 is 23.2 Å². The molecule has 242 valence electrons. The monoisotopic (exact) mass is 686 g/mol. The van der Waals surface area contributed by atoms with Crippen LogP contribution in [0.2, 0.25) is 10.0 Å². The summed E-state index contributed by atoms with van der Waals surface area (Å²) in [5, 5.41) is 15.8. The zero-order chi connectivity index (χ0) is 34.2. The van der Waals surface area contributed by atoms with Crippen LogP contribution in [0.4, 0.5) is 35.1 Å². The lowest BCUT2D eigenvalue weighted by atomic mass is 10.2. The van der Waals surface area contributed by atoms with E-state index in [1.54, 1.807) is 13.8 Å². The summed E-state index contributed by atoms with van der Waals surface area (Å²) >= 11 is 11.4. The summed E-state index contributed by atoms with van der Waals surface area (Å²) in [4.78, 5) is 24.1. The van der Waals surface area contributed by atoms with Crippen molar-refractivity contribution in [1.82, 2.24) is 19.6 Å². The van der Waals surface area contributed by atoms with Gasteiger partial charge < -0.3 is 9.84 Å².